The monoisotopic (exact) mass is 310 g/mol. The lowest BCUT2D eigenvalue weighted by atomic mass is 9.85. The van der Waals surface area contributed by atoms with Crippen molar-refractivity contribution in [2.24, 2.45) is 5.92 Å². The van der Waals surface area contributed by atoms with Gasteiger partial charge < -0.3 is 15.7 Å². The Morgan fingerprint density at radius 2 is 2.05 bits per heavy atom. The lowest BCUT2D eigenvalue weighted by Crippen LogP contribution is -2.34. The fraction of sp³-hybridized carbons (Fsp3) is 0.733. The summed E-state index contributed by atoms with van der Waals surface area (Å²) in [5, 5.41) is 17.1. The van der Waals surface area contributed by atoms with Gasteiger partial charge in [-0.3, -0.25) is 0 Å². The Morgan fingerprint density at radius 3 is 2.76 bits per heavy atom. The molecule has 1 fully saturated rings. The van der Waals surface area contributed by atoms with E-state index >= 15 is 0 Å². The Kier molecular flexibility index (Phi) is 6.57. The summed E-state index contributed by atoms with van der Waals surface area (Å²) < 4.78 is 0. The van der Waals surface area contributed by atoms with Crippen molar-refractivity contribution in [3.8, 4) is 0 Å². The van der Waals surface area contributed by atoms with Crippen molar-refractivity contribution >= 4 is 23.4 Å². The molecule has 1 aromatic rings. The average Bonchev–Trinajstić information content (AvgIpc) is 2.53. The van der Waals surface area contributed by atoms with E-state index in [-0.39, 0.29) is 6.61 Å². The molecule has 0 aliphatic heterocycles. The highest BCUT2D eigenvalue weighted by atomic mass is 32.2. The summed E-state index contributed by atoms with van der Waals surface area (Å²) in [6.45, 7) is 3.29. The fourth-order valence-corrected chi connectivity index (χ4v) is 3.12. The van der Waals surface area contributed by atoms with E-state index in [1.54, 1.807) is 11.8 Å². The number of aliphatic hydroxyl groups is 1. The highest BCUT2D eigenvalue weighted by Crippen LogP contribution is 2.27. The summed E-state index contributed by atoms with van der Waals surface area (Å²) in [5.41, 5.74) is 0. The number of aromatic nitrogens is 2. The molecule has 1 saturated carbocycles. The van der Waals surface area contributed by atoms with Gasteiger partial charge in [-0.1, -0.05) is 31.5 Å². The molecule has 2 unspecified atom stereocenters. The lowest BCUT2D eigenvalue weighted by molar-refractivity contribution is 0.178. The first-order valence-electron chi connectivity index (χ1n) is 7.81. The van der Waals surface area contributed by atoms with Crippen LogP contribution in [-0.4, -0.2) is 40.5 Å². The van der Waals surface area contributed by atoms with E-state index in [9.17, 15) is 5.11 Å². The van der Waals surface area contributed by atoms with Crippen LogP contribution < -0.4 is 10.6 Å². The number of hydrogen-bond acceptors (Lipinski definition) is 6. The van der Waals surface area contributed by atoms with Gasteiger partial charge in [-0.05, 0) is 25.5 Å². The first-order valence-corrected chi connectivity index (χ1v) is 9.03. The van der Waals surface area contributed by atoms with Crippen LogP contribution >= 0.6 is 11.8 Å². The van der Waals surface area contributed by atoms with Gasteiger partial charge in [0.25, 0.3) is 0 Å². The fourth-order valence-electron chi connectivity index (χ4n) is 2.74. The number of rotatable bonds is 7. The molecule has 118 valence electrons. The topological polar surface area (TPSA) is 70.1 Å². The van der Waals surface area contributed by atoms with Gasteiger partial charge in [-0.25, -0.2) is 9.97 Å². The molecule has 0 amide bonds. The van der Waals surface area contributed by atoms with Crippen molar-refractivity contribution in [1.82, 2.24) is 9.97 Å². The van der Waals surface area contributed by atoms with Gasteiger partial charge in [-0.15, -0.1) is 0 Å². The van der Waals surface area contributed by atoms with E-state index in [0.717, 1.165) is 42.6 Å². The molecule has 1 aliphatic carbocycles. The molecule has 0 bridgehead atoms. The van der Waals surface area contributed by atoms with Gasteiger partial charge in [0, 0.05) is 31.2 Å². The quantitative estimate of drug-likeness (QED) is 0.531. The summed E-state index contributed by atoms with van der Waals surface area (Å²) in [5.74, 6) is 2.06. The van der Waals surface area contributed by atoms with E-state index in [0.29, 0.717) is 12.0 Å². The molecule has 21 heavy (non-hydrogen) atoms. The van der Waals surface area contributed by atoms with Crippen molar-refractivity contribution in [3.63, 3.8) is 0 Å². The third-order valence-electron chi connectivity index (χ3n) is 3.92. The van der Waals surface area contributed by atoms with Crippen molar-refractivity contribution in [2.75, 3.05) is 30.0 Å². The number of aliphatic hydroxyl groups excluding tert-OH is 1. The van der Waals surface area contributed by atoms with Crippen molar-refractivity contribution in [1.29, 1.82) is 0 Å². The maximum Gasteiger partial charge on any atom is 0.191 e. The molecule has 5 nitrogen and oxygen atoms in total. The van der Waals surface area contributed by atoms with E-state index in [1.165, 1.54) is 12.8 Å². The SMILES string of the molecule is CCCNc1cc(NC2CCCCC2CO)nc(SC)n1. The summed E-state index contributed by atoms with van der Waals surface area (Å²) in [6, 6.07) is 2.28. The van der Waals surface area contributed by atoms with Crippen LogP contribution in [0.5, 0.6) is 0 Å². The standard InChI is InChI=1S/C15H26N4OS/c1-3-8-16-13-9-14(19-15(18-13)21-2)17-12-7-5-4-6-11(12)10-20/h9,11-12,20H,3-8,10H2,1-2H3,(H2,16,17,18,19). The molecule has 0 saturated heterocycles. The Labute approximate surface area is 131 Å². The minimum absolute atomic E-state index is 0.249. The minimum Gasteiger partial charge on any atom is -0.396 e. The van der Waals surface area contributed by atoms with Gasteiger partial charge >= 0.3 is 0 Å². The van der Waals surface area contributed by atoms with Crippen molar-refractivity contribution in [2.45, 2.75) is 50.2 Å². The van der Waals surface area contributed by atoms with Gasteiger partial charge in [0.2, 0.25) is 0 Å². The minimum atomic E-state index is 0.249. The van der Waals surface area contributed by atoms with Crippen LogP contribution in [0.15, 0.2) is 11.2 Å². The van der Waals surface area contributed by atoms with Gasteiger partial charge in [0.15, 0.2) is 5.16 Å². The predicted molar refractivity (Wildman–Crippen MR) is 89.0 cm³/mol. The van der Waals surface area contributed by atoms with E-state index in [1.807, 2.05) is 12.3 Å². The zero-order chi connectivity index (χ0) is 15.1. The van der Waals surface area contributed by atoms with Crippen LogP contribution in [0.25, 0.3) is 0 Å². The van der Waals surface area contributed by atoms with Crippen LogP contribution in [0.3, 0.4) is 0 Å². The second-order valence-corrected chi connectivity index (χ2v) is 6.30. The van der Waals surface area contributed by atoms with E-state index < -0.39 is 0 Å². The molecule has 0 aromatic carbocycles. The van der Waals surface area contributed by atoms with E-state index in [2.05, 4.69) is 27.5 Å². The molecular formula is C15H26N4OS. The molecule has 1 aliphatic rings. The summed E-state index contributed by atoms with van der Waals surface area (Å²) in [6.07, 6.45) is 7.68. The molecule has 3 N–H and O–H groups in total. The third kappa shape index (κ3) is 4.74. The highest BCUT2D eigenvalue weighted by molar-refractivity contribution is 7.98. The Balaban J connectivity index is 2.10. The molecule has 0 radical (unpaired) electrons. The van der Waals surface area contributed by atoms with Gasteiger partial charge in [0.05, 0.1) is 0 Å². The predicted octanol–water partition coefficient (Wildman–Crippen LogP) is 2.98. The molecule has 1 heterocycles. The maximum atomic E-state index is 9.52. The Bertz CT molecular complexity index is 444. The highest BCUT2D eigenvalue weighted by Gasteiger charge is 2.24. The average molecular weight is 310 g/mol. The maximum absolute atomic E-state index is 9.52. The zero-order valence-electron chi connectivity index (χ0n) is 12.9. The number of hydrogen-bond donors (Lipinski definition) is 3. The lowest BCUT2D eigenvalue weighted by Gasteiger charge is -2.31. The molecule has 6 heteroatoms. The zero-order valence-corrected chi connectivity index (χ0v) is 13.7. The summed E-state index contributed by atoms with van der Waals surface area (Å²) >= 11 is 1.55. The number of nitrogens with one attached hydrogen (secondary N) is 2. The first kappa shape index (κ1) is 16.4. The summed E-state index contributed by atoms with van der Waals surface area (Å²) in [7, 11) is 0. The molecule has 2 atom stereocenters. The second-order valence-electron chi connectivity index (χ2n) is 5.53. The largest absolute Gasteiger partial charge is 0.396 e. The van der Waals surface area contributed by atoms with Crippen LogP contribution in [0.1, 0.15) is 39.0 Å². The second kappa shape index (κ2) is 8.44. The van der Waals surface area contributed by atoms with Crippen LogP contribution in [-0.2, 0) is 0 Å². The molecule has 2 rings (SSSR count). The molecule has 1 aromatic heterocycles. The van der Waals surface area contributed by atoms with Crippen LogP contribution in [0, 0.1) is 5.92 Å². The third-order valence-corrected chi connectivity index (χ3v) is 4.47. The first-order chi connectivity index (χ1) is 10.3. The Hall–Kier alpha value is -1.01. The smallest absolute Gasteiger partial charge is 0.191 e. The molecule has 0 spiro atoms. The number of nitrogens with zero attached hydrogens (tertiary/aromatic N) is 2. The number of anilines is 2. The van der Waals surface area contributed by atoms with E-state index in [4.69, 9.17) is 0 Å². The van der Waals surface area contributed by atoms with Crippen molar-refractivity contribution < 1.29 is 5.11 Å². The van der Waals surface area contributed by atoms with Crippen LogP contribution in [0.2, 0.25) is 0 Å². The molecular weight excluding hydrogens is 284 g/mol. The number of thioether (sulfide) groups is 1. The summed E-state index contributed by atoms with van der Waals surface area (Å²) in [4.78, 5) is 9.01. The van der Waals surface area contributed by atoms with Gasteiger partial charge in [-0.2, -0.15) is 0 Å². The Morgan fingerprint density at radius 1 is 1.29 bits per heavy atom. The normalized spacial score (nSPS) is 22.0. The van der Waals surface area contributed by atoms with Crippen LogP contribution in [0.4, 0.5) is 11.6 Å². The van der Waals surface area contributed by atoms with Gasteiger partial charge in [0.1, 0.15) is 11.6 Å². The van der Waals surface area contributed by atoms with Crippen molar-refractivity contribution in [3.05, 3.63) is 6.07 Å².